The van der Waals surface area contributed by atoms with Crippen molar-refractivity contribution in [2.45, 2.75) is 49.3 Å². The second-order valence-electron chi connectivity index (χ2n) is 10.2. The third-order valence-corrected chi connectivity index (χ3v) is 8.97. The highest BCUT2D eigenvalue weighted by Crippen LogP contribution is 2.67. The number of aliphatic imine (C=N–C) groups is 1. The normalized spacial score (nSPS) is 26.2. The number of ketones is 1. The van der Waals surface area contributed by atoms with E-state index in [2.05, 4.69) is 20.9 Å². The fraction of sp³-hybridized carbons (Fsp3) is 0.393. The first-order chi connectivity index (χ1) is 17.8. The van der Waals surface area contributed by atoms with Gasteiger partial charge in [-0.3, -0.25) is 14.8 Å². The molecule has 3 atom stereocenters. The lowest BCUT2D eigenvalue weighted by Crippen LogP contribution is -2.39. The fourth-order valence-corrected chi connectivity index (χ4v) is 6.89. The molecule has 1 aliphatic heterocycles. The van der Waals surface area contributed by atoms with Crippen LogP contribution in [-0.2, 0) is 16.8 Å². The van der Waals surface area contributed by atoms with Gasteiger partial charge in [-0.15, -0.1) is 6.42 Å². The number of nitrogens with two attached hydrogens (primary N) is 1. The molecular formula is C28H26FN5O2S. The summed E-state index contributed by atoms with van der Waals surface area (Å²) in [5, 5.41) is 0.346. The predicted octanol–water partition coefficient (Wildman–Crippen LogP) is 4.17. The first-order valence-corrected chi connectivity index (χ1v) is 13.2. The number of hydrogen-bond acceptors (Lipinski definition) is 8. The van der Waals surface area contributed by atoms with Gasteiger partial charge in [0.2, 0.25) is 5.88 Å². The summed E-state index contributed by atoms with van der Waals surface area (Å²) in [6.45, 7) is 2.01. The molecule has 7 nitrogen and oxygen atoms in total. The van der Waals surface area contributed by atoms with Gasteiger partial charge in [-0.1, -0.05) is 29.8 Å². The number of Topliss-reactive ketones (excluding diaryl/α,β-unsaturated/α-hetero) is 1. The van der Waals surface area contributed by atoms with Gasteiger partial charge >= 0.3 is 0 Å². The minimum atomic E-state index is -0.913. The van der Waals surface area contributed by atoms with Crippen molar-refractivity contribution in [3.63, 3.8) is 0 Å². The van der Waals surface area contributed by atoms with E-state index < -0.39 is 10.3 Å². The standard InChI is InChI=1S/C28H26FN5O2S/c1-3-10-36-24-15-32-25-20(33-24)8-9-31-21(25)12-17-6-7-19(29)18(11-17)27(2)22-14-28(22,37-26(30)34-27)23(35)13-16-4-5-16/h1,6-9,11,15-16,22H,4-5,10,12-14H2,2H3,(H2,30,34)/t22-,27+,28-/m0/s1. The van der Waals surface area contributed by atoms with Gasteiger partial charge in [-0.2, -0.15) is 0 Å². The zero-order valence-corrected chi connectivity index (χ0v) is 21.2. The van der Waals surface area contributed by atoms with Crippen molar-refractivity contribution in [1.82, 2.24) is 15.0 Å². The van der Waals surface area contributed by atoms with E-state index in [1.165, 1.54) is 24.0 Å². The maximum absolute atomic E-state index is 15.3. The van der Waals surface area contributed by atoms with Crippen LogP contribution in [0.25, 0.3) is 11.0 Å². The van der Waals surface area contributed by atoms with Gasteiger partial charge in [-0.05, 0) is 49.8 Å². The molecule has 37 heavy (non-hydrogen) atoms. The second-order valence-corrected chi connectivity index (χ2v) is 11.6. The molecule has 188 valence electrons. The summed E-state index contributed by atoms with van der Waals surface area (Å²) in [4.78, 5) is 31.4. The molecule has 2 saturated carbocycles. The molecular weight excluding hydrogens is 489 g/mol. The molecule has 3 heterocycles. The Balaban J connectivity index is 1.31. The van der Waals surface area contributed by atoms with Crippen molar-refractivity contribution < 1.29 is 13.9 Å². The van der Waals surface area contributed by atoms with E-state index in [0.717, 1.165) is 18.4 Å². The van der Waals surface area contributed by atoms with Crippen molar-refractivity contribution in [2.24, 2.45) is 22.6 Å². The molecule has 0 radical (unpaired) electrons. The number of pyridine rings is 1. The van der Waals surface area contributed by atoms with Gasteiger partial charge < -0.3 is 10.5 Å². The van der Waals surface area contributed by atoms with Crippen LogP contribution >= 0.6 is 11.8 Å². The Morgan fingerprint density at radius 1 is 1.32 bits per heavy atom. The molecule has 6 rings (SSSR count). The maximum atomic E-state index is 15.3. The number of benzene rings is 1. The van der Waals surface area contributed by atoms with E-state index in [9.17, 15) is 4.79 Å². The average Bonchev–Trinajstić information content (AvgIpc) is 3.80. The monoisotopic (exact) mass is 515 g/mol. The Morgan fingerprint density at radius 2 is 2.16 bits per heavy atom. The molecule has 2 fully saturated rings. The third kappa shape index (κ3) is 4.23. The minimum absolute atomic E-state index is 0.0868. The Kier molecular flexibility index (Phi) is 5.68. The highest BCUT2D eigenvalue weighted by molar-refractivity contribution is 8.15. The van der Waals surface area contributed by atoms with E-state index in [1.807, 2.05) is 13.0 Å². The Hall–Kier alpha value is -3.51. The number of carbonyl (C=O) groups excluding carboxylic acids is 1. The highest BCUT2D eigenvalue weighted by atomic mass is 32.2. The summed E-state index contributed by atoms with van der Waals surface area (Å²) < 4.78 is 20.1. The van der Waals surface area contributed by atoms with Gasteiger partial charge in [0.1, 0.15) is 17.1 Å². The lowest BCUT2D eigenvalue weighted by atomic mass is 9.83. The van der Waals surface area contributed by atoms with E-state index in [4.69, 9.17) is 21.9 Å². The number of thioether (sulfide) groups is 1. The largest absolute Gasteiger partial charge is 0.463 e. The van der Waals surface area contributed by atoms with Crippen LogP contribution in [0.15, 0.2) is 41.7 Å². The van der Waals surface area contributed by atoms with Crippen LogP contribution < -0.4 is 10.5 Å². The molecule has 0 saturated heterocycles. The molecule has 2 aliphatic carbocycles. The molecule has 2 aromatic heterocycles. The van der Waals surface area contributed by atoms with Gasteiger partial charge in [0.05, 0.1) is 27.7 Å². The van der Waals surface area contributed by atoms with Crippen LogP contribution in [0, 0.1) is 30.0 Å². The topological polar surface area (TPSA) is 103 Å². The van der Waals surface area contributed by atoms with E-state index in [0.29, 0.717) is 58.5 Å². The van der Waals surface area contributed by atoms with Crippen LogP contribution in [0.3, 0.4) is 0 Å². The highest BCUT2D eigenvalue weighted by Gasteiger charge is 2.70. The van der Waals surface area contributed by atoms with Crippen molar-refractivity contribution in [2.75, 3.05) is 6.61 Å². The molecule has 0 unspecified atom stereocenters. The number of carbonyl (C=O) groups is 1. The van der Waals surface area contributed by atoms with Crippen molar-refractivity contribution in [3.8, 4) is 18.2 Å². The van der Waals surface area contributed by atoms with Crippen LogP contribution in [0.5, 0.6) is 5.88 Å². The lowest BCUT2D eigenvalue weighted by Gasteiger charge is -2.34. The average molecular weight is 516 g/mol. The number of rotatable bonds is 8. The van der Waals surface area contributed by atoms with Crippen molar-refractivity contribution >= 4 is 33.7 Å². The summed E-state index contributed by atoms with van der Waals surface area (Å²) in [5.74, 6) is 3.03. The number of hydrogen-bond donors (Lipinski definition) is 1. The lowest BCUT2D eigenvalue weighted by molar-refractivity contribution is -0.120. The first kappa shape index (κ1) is 23.9. The number of nitrogens with zero attached hydrogens (tertiary/aromatic N) is 4. The Morgan fingerprint density at radius 3 is 2.95 bits per heavy atom. The number of amidine groups is 1. The molecule has 0 spiro atoms. The van der Waals surface area contributed by atoms with Gasteiger partial charge in [0, 0.05) is 30.5 Å². The van der Waals surface area contributed by atoms with Crippen molar-refractivity contribution in [1.29, 1.82) is 0 Å². The number of fused-ring (bicyclic) bond motifs is 2. The summed E-state index contributed by atoms with van der Waals surface area (Å²) >= 11 is 1.37. The quantitative estimate of drug-likeness (QED) is 0.449. The van der Waals surface area contributed by atoms with Crippen LogP contribution in [0.4, 0.5) is 4.39 Å². The van der Waals surface area contributed by atoms with Crippen LogP contribution in [-0.4, -0.2) is 37.3 Å². The summed E-state index contributed by atoms with van der Waals surface area (Å²) in [7, 11) is 0. The smallest absolute Gasteiger partial charge is 0.233 e. The molecule has 2 N–H and O–H groups in total. The zero-order chi connectivity index (χ0) is 25.8. The molecule has 1 aromatic carbocycles. The summed E-state index contributed by atoms with van der Waals surface area (Å²) in [6, 6.07) is 6.79. The Bertz CT molecular complexity index is 1500. The van der Waals surface area contributed by atoms with E-state index in [1.54, 1.807) is 18.3 Å². The predicted molar refractivity (Wildman–Crippen MR) is 141 cm³/mol. The third-order valence-electron chi connectivity index (χ3n) is 7.63. The molecule has 3 aromatic rings. The molecule has 0 bridgehead atoms. The molecule has 0 amide bonds. The Labute approximate surface area is 218 Å². The second kappa shape index (κ2) is 8.80. The maximum Gasteiger partial charge on any atom is 0.233 e. The van der Waals surface area contributed by atoms with E-state index in [-0.39, 0.29) is 24.1 Å². The van der Waals surface area contributed by atoms with Crippen LogP contribution in [0.1, 0.15) is 49.4 Å². The number of aromatic nitrogens is 3. The van der Waals surface area contributed by atoms with Crippen LogP contribution in [0.2, 0.25) is 0 Å². The number of terminal acetylenes is 1. The number of ether oxygens (including phenoxy) is 1. The first-order valence-electron chi connectivity index (χ1n) is 12.4. The molecule has 9 heteroatoms. The van der Waals surface area contributed by atoms with Gasteiger partial charge in [-0.25, -0.2) is 14.4 Å². The molecule has 3 aliphatic rings. The minimum Gasteiger partial charge on any atom is -0.463 e. The fourth-order valence-electron chi connectivity index (χ4n) is 5.46. The van der Waals surface area contributed by atoms with Crippen molar-refractivity contribution in [3.05, 3.63) is 59.3 Å². The zero-order valence-electron chi connectivity index (χ0n) is 20.4. The van der Waals surface area contributed by atoms with Gasteiger partial charge in [0.15, 0.2) is 11.8 Å². The van der Waals surface area contributed by atoms with Gasteiger partial charge in [0.25, 0.3) is 0 Å². The number of halogens is 1. The van der Waals surface area contributed by atoms with E-state index >= 15 is 4.39 Å². The summed E-state index contributed by atoms with van der Waals surface area (Å²) in [6.07, 6.45) is 12.3. The SMILES string of the molecule is C#CCOc1cnc2c(Cc3ccc(F)c([C@@]4(C)N=C(N)S[C@@]5(C(=O)CC6CC6)C[C@H]54)c3)nccc2n1. The summed E-state index contributed by atoms with van der Waals surface area (Å²) in [5.41, 5.74) is 8.61.